The third-order valence-corrected chi connectivity index (χ3v) is 6.97. The quantitative estimate of drug-likeness (QED) is 0.219. The fourth-order valence-corrected chi connectivity index (χ4v) is 4.88. The zero-order chi connectivity index (χ0) is 26.1. The van der Waals surface area contributed by atoms with Crippen molar-refractivity contribution >= 4 is 5.78 Å². The maximum Gasteiger partial charge on any atom is 0.187 e. The van der Waals surface area contributed by atoms with Crippen LogP contribution in [0.5, 0.6) is 0 Å². The average Bonchev–Trinajstić information content (AvgIpc) is 3.06. The molecule has 200 valence electrons. The summed E-state index contributed by atoms with van der Waals surface area (Å²) in [5, 5.41) is 60.4. The summed E-state index contributed by atoms with van der Waals surface area (Å²) in [5.74, 6) is 0.0884. The normalized spacial score (nSPS) is 42.9. The zero-order valence-electron chi connectivity index (χ0n) is 20.5. The standard InChI is InChI=1S/C24H38O11/c1-12-7-14(27)8-23(3,4)15(12)6-5-13(2)33-21-19(18(29)17(28)16(9-25)34-21)35-22-20(30)24(31,10-26)11-32-22/h5-7,13,15-22,25-26,28-31H,8-11H2,1-4H3/b6-5+/t13-,15-,16-,17-,18+,19-,20+,21-,22+,24-/m1/s1. The molecule has 0 spiro atoms. The van der Waals surface area contributed by atoms with Crippen LogP contribution in [0.15, 0.2) is 23.8 Å². The number of aliphatic hydroxyl groups excluding tert-OH is 5. The maximum absolute atomic E-state index is 11.9. The summed E-state index contributed by atoms with van der Waals surface area (Å²) in [6.07, 6.45) is -4.70. The Kier molecular flexibility index (Phi) is 8.91. The van der Waals surface area contributed by atoms with Gasteiger partial charge in [0.25, 0.3) is 0 Å². The van der Waals surface area contributed by atoms with Gasteiger partial charge in [-0.1, -0.05) is 31.6 Å². The largest absolute Gasteiger partial charge is 0.394 e. The highest BCUT2D eigenvalue weighted by Gasteiger charge is 2.53. The predicted molar refractivity (Wildman–Crippen MR) is 121 cm³/mol. The van der Waals surface area contributed by atoms with Gasteiger partial charge in [0.15, 0.2) is 18.4 Å². The van der Waals surface area contributed by atoms with Gasteiger partial charge in [-0.15, -0.1) is 0 Å². The van der Waals surface area contributed by atoms with Crippen LogP contribution in [0.1, 0.15) is 34.1 Å². The Bertz CT molecular complexity index is 811. The summed E-state index contributed by atoms with van der Waals surface area (Å²) in [6, 6.07) is 0. The number of hydrogen-bond acceptors (Lipinski definition) is 11. The monoisotopic (exact) mass is 502 g/mol. The molecule has 2 aliphatic heterocycles. The highest BCUT2D eigenvalue weighted by atomic mass is 16.8. The topological polar surface area (TPSA) is 175 Å². The van der Waals surface area contributed by atoms with Gasteiger partial charge in [-0.2, -0.15) is 0 Å². The van der Waals surface area contributed by atoms with E-state index in [4.69, 9.17) is 18.9 Å². The van der Waals surface area contributed by atoms with Crippen LogP contribution in [0.3, 0.4) is 0 Å². The van der Waals surface area contributed by atoms with Gasteiger partial charge in [0.2, 0.25) is 0 Å². The number of aliphatic hydroxyl groups is 6. The summed E-state index contributed by atoms with van der Waals surface area (Å²) >= 11 is 0. The Morgan fingerprint density at radius 1 is 1.20 bits per heavy atom. The van der Waals surface area contributed by atoms with Crippen molar-refractivity contribution in [3.8, 4) is 0 Å². The lowest BCUT2D eigenvalue weighted by Gasteiger charge is -2.43. The molecule has 2 heterocycles. The molecule has 3 rings (SSSR count). The maximum atomic E-state index is 11.9. The van der Waals surface area contributed by atoms with Gasteiger partial charge in [-0.3, -0.25) is 4.79 Å². The van der Waals surface area contributed by atoms with E-state index in [2.05, 4.69) is 0 Å². The minimum absolute atomic E-state index is 0.00127. The second kappa shape index (κ2) is 11.0. The Morgan fingerprint density at radius 2 is 1.89 bits per heavy atom. The lowest BCUT2D eigenvalue weighted by Crippen LogP contribution is -2.61. The molecular weight excluding hydrogens is 464 g/mol. The molecule has 11 heteroatoms. The Labute approximate surface area is 204 Å². The van der Waals surface area contributed by atoms with E-state index in [9.17, 15) is 35.4 Å². The van der Waals surface area contributed by atoms with Crippen LogP contribution < -0.4 is 0 Å². The summed E-state index contributed by atoms with van der Waals surface area (Å²) in [6.45, 7) is 5.89. The predicted octanol–water partition coefficient (Wildman–Crippen LogP) is -1.23. The molecule has 0 aromatic heterocycles. The SMILES string of the molecule is CC1=CC(=O)CC(C)(C)[C@@H]1/C=C/[C@@H](C)O[C@@H]1O[C@H](CO)[C@@H](O)[C@H](O)[C@H]1O[C@@H]1OC[C@](O)(CO)[C@H]1O. The number of ketones is 1. The second-order valence-electron chi connectivity index (χ2n) is 10.4. The Balaban J connectivity index is 1.74. The van der Waals surface area contributed by atoms with Gasteiger partial charge in [-0.05, 0) is 25.3 Å². The smallest absolute Gasteiger partial charge is 0.187 e. The van der Waals surface area contributed by atoms with Crippen LogP contribution in [0.4, 0.5) is 0 Å². The lowest BCUT2D eigenvalue weighted by atomic mass is 9.68. The summed E-state index contributed by atoms with van der Waals surface area (Å²) in [7, 11) is 0. The molecule has 2 fully saturated rings. The first-order valence-corrected chi connectivity index (χ1v) is 11.8. The molecule has 0 radical (unpaired) electrons. The molecule has 0 unspecified atom stereocenters. The number of hydrogen-bond donors (Lipinski definition) is 6. The molecule has 35 heavy (non-hydrogen) atoms. The van der Waals surface area contributed by atoms with Crippen LogP contribution >= 0.6 is 0 Å². The van der Waals surface area contributed by atoms with E-state index in [-0.39, 0.29) is 17.1 Å². The number of allylic oxidation sites excluding steroid dienone is 3. The van der Waals surface area contributed by atoms with E-state index >= 15 is 0 Å². The Hall–Kier alpha value is -1.25. The van der Waals surface area contributed by atoms with Crippen molar-refractivity contribution in [3.63, 3.8) is 0 Å². The van der Waals surface area contributed by atoms with Crippen molar-refractivity contribution in [1.82, 2.24) is 0 Å². The molecule has 0 bridgehead atoms. The van der Waals surface area contributed by atoms with E-state index in [1.54, 1.807) is 19.1 Å². The number of carbonyl (C=O) groups excluding carboxylic acids is 1. The number of ether oxygens (including phenoxy) is 4. The van der Waals surface area contributed by atoms with E-state index < -0.39 is 74.6 Å². The summed E-state index contributed by atoms with van der Waals surface area (Å²) in [5.41, 5.74) is -1.28. The third-order valence-electron chi connectivity index (χ3n) is 6.97. The van der Waals surface area contributed by atoms with E-state index in [0.717, 1.165) is 5.57 Å². The van der Waals surface area contributed by atoms with Gasteiger partial charge in [0.1, 0.15) is 36.1 Å². The molecule has 3 aliphatic rings. The molecule has 2 saturated heterocycles. The van der Waals surface area contributed by atoms with Crippen molar-refractivity contribution in [2.75, 3.05) is 19.8 Å². The number of carbonyl (C=O) groups is 1. The molecule has 0 aromatic carbocycles. The molecule has 11 nitrogen and oxygen atoms in total. The molecule has 6 N–H and O–H groups in total. The van der Waals surface area contributed by atoms with Crippen LogP contribution in [0, 0.1) is 11.3 Å². The van der Waals surface area contributed by atoms with Crippen molar-refractivity contribution in [2.24, 2.45) is 11.3 Å². The first kappa shape index (κ1) is 28.3. The van der Waals surface area contributed by atoms with E-state index in [1.165, 1.54) is 0 Å². The van der Waals surface area contributed by atoms with E-state index in [0.29, 0.717) is 6.42 Å². The van der Waals surface area contributed by atoms with Crippen LogP contribution in [0.2, 0.25) is 0 Å². The fourth-order valence-electron chi connectivity index (χ4n) is 4.88. The van der Waals surface area contributed by atoms with Crippen LogP contribution in [-0.2, 0) is 23.7 Å². The molecule has 0 saturated carbocycles. The first-order chi connectivity index (χ1) is 16.3. The minimum atomic E-state index is -1.94. The molecule has 0 amide bonds. The summed E-state index contributed by atoms with van der Waals surface area (Å²) < 4.78 is 22.5. The van der Waals surface area contributed by atoms with Crippen LogP contribution in [0.25, 0.3) is 0 Å². The lowest BCUT2D eigenvalue weighted by molar-refractivity contribution is -0.339. The molecule has 1 aliphatic carbocycles. The highest BCUT2D eigenvalue weighted by molar-refractivity contribution is 5.92. The van der Waals surface area contributed by atoms with Crippen LogP contribution in [-0.4, -0.2) is 111 Å². The number of rotatable bonds is 8. The average molecular weight is 503 g/mol. The zero-order valence-corrected chi connectivity index (χ0v) is 20.5. The van der Waals surface area contributed by atoms with Gasteiger partial charge < -0.3 is 49.6 Å². The van der Waals surface area contributed by atoms with Gasteiger partial charge in [0.05, 0.1) is 25.9 Å². The Morgan fingerprint density at radius 3 is 2.46 bits per heavy atom. The molecule has 10 atom stereocenters. The van der Waals surface area contributed by atoms with Crippen molar-refractivity contribution in [2.45, 2.75) is 88.9 Å². The highest BCUT2D eigenvalue weighted by Crippen LogP contribution is 2.40. The van der Waals surface area contributed by atoms with Gasteiger partial charge in [0, 0.05) is 12.3 Å². The first-order valence-electron chi connectivity index (χ1n) is 11.8. The van der Waals surface area contributed by atoms with Crippen molar-refractivity contribution < 1.29 is 54.4 Å². The van der Waals surface area contributed by atoms with Gasteiger partial charge in [-0.25, -0.2) is 0 Å². The fraction of sp³-hybridized carbons (Fsp3) is 0.792. The molecule has 0 aromatic rings. The summed E-state index contributed by atoms with van der Waals surface area (Å²) in [4.78, 5) is 11.9. The van der Waals surface area contributed by atoms with Crippen molar-refractivity contribution in [1.29, 1.82) is 0 Å². The minimum Gasteiger partial charge on any atom is -0.394 e. The third kappa shape index (κ3) is 6.02. The second-order valence-corrected chi connectivity index (χ2v) is 10.4. The van der Waals surface area contributed by atoms with Gasteiger partial charge >= 0.3 is 0 Å². The molecular formula is C24H38O11. The van der Waals surface area contributed by atoms with Crippen molar-refractivity contribution in [3.05, 3.63) is 23.8 Å². The van der Waals surface area contributed by atoms with E-state index in [1.807, 2.05) is 26.8 Å².